The number of nitrogens with zero attached hydrogens (tertiary/aromatic N) is 3. The number of hydrogen-bond donors (Lipinski definition) is 0. The molecule has 0 radical (unpaired) electrons. The van der Waals surface area contributed by atoms with E-state index in [9.17, 15) is 9.59 Å². The minimum Gasteiger partial charge on any atom is -0.355 e. The van der Waals surface area contributed by atoms with E-state index in [0.29, 0.717) is 11.1 Å². The molecule has 0 saturated heterocycles. The summed E-state index contributed by atoms with van der Waals surface area (Å²) in [5, 5.41) is 1.67. The highest BCUT2D eigenvalue weighted by Crippen LogP contribution is 2.42. The second-order valence-corrected chi connectivity index (χ2v) is 10.9. The van der Waals surface area contributed by atoms with Gasteiger partial charge >= 0.3 is 0 Å². The average Bonchev–Trinajstić information content (AvgIpc) is 3.34. The third kappa shape index (κ3) is 4.22. The van der Waals surface area contributed by atoms with E-state index in [-0.39, 0.29) is 23.7 Å². The SMILES string of the molecule is CC(C)=CCN1C=CN(c2ccc3c4c(cccc24)C(=O)N(c2c(C(C)C)cccc2C(C)C)C3=O)C1. The van der Waals surface area contributed by atoms with E-state index in [1.54, 1.807) is 0 Å². The van der Waals surface area contributed by atoms with Gasteiger partial charge in [-0.05, 0) is 55.0 Å². The molecule has 5 nitrogen and oxygen atoms in total. The Balaban J connectivity index is 1.61. The summed E-state index contributed by atoms with van der Waals surface area (Å²) in [4.78, 5) is 34.0. The molecule has 0 bridgehead atoms. The van der Waals surface area contributed by atoms with Gasteiger partial charge in [-0.1, -0.05) is 69.7 Å². The highest BCUT2D eigenvalue weighted by atomic mass is 16.2. The summed E-state index contributed by atoms with van der Waals surface area (Å²) in [6.45, 7) is 14.2. The molecule has 0 fully saturated rings. The van der Waals surface area contributed by atoms with E-state index in [2.05, 4.69) is 69.8 Å². The molecular weight excluding hydrogens is 458 g/mol. The van der Waals surface area contributed by atoms with Gasteiger partial charge in [0.2, 0.25) is 0 Å². The highest BCUT2D eigenvalue weighted by molar-refractivity contribution is 6.36. The van der Waals surface area contributed by atoms with Crippen LogP contribution in [0.15, 0.2) is 72.6 Å². The maximum absolute atomic E-state index is 14.1. The van der Waals surface area contributed by atoms with Crippen LogP contribution in [-0.4, -0.2) is 29.9 Å². The van der Waals surface area contributed by atoms with Gasteiger partial charge in [-0.2, -0.15) is 0 Å². The molecule has 2 amide bonds. The first-order valence-corrected chi connectivity index (χ1v) is 13.1. The fourth-order valence-corrected chi connectivity index (χ4v) is 5.34. The lowest BCUT2D eigenvalue weighted by molar-refractivity contribution is 0.0893. The normalized spacial score (nSPS) is 15.1. The van der Waals surface area contributed by atoms with Crippen LogP contribution in [-0.2, 0) is 0 Å². The molecule has 0 saturated carbocycles. The van der Waals surface area contributed by atoms with Crippen LogP contribution in [0.2, 0.25) is 0 Å². The molecule has 3 aromatic carbocycles. The smallest absolute Gasteiger partial charge is 0.266 e. The van der Waals surface area contributed by atoms with E-state index in [1.165, 1.54) is 10.5 Å². The van der Waals surface area contributed by atoms with Crippen molar-refractivity contribution in [2.45, 2.75) is 53.4 Å². The standard InChI is InChI=1S/C32H35N3O2/c1-20(2)15-16-33-17-18-34(19-33)28-14-13-27-29-25(28)11-8-12-26(29)31(36)35(32(27)37)30-23(21(3)4)9-7-10-24(30)22(5)6/h7-15,17-18,21-22H,16,19H2,1-6H3. The Morgan fingerprint density at radius 2 is 1.46 bits per heavy atom. The molecular formula is C32H35N3O2. The molecule has 37 heavy (non-hydrogen) atoms. The third-order valence-corrected chi connectivity index (χ3v) is 7.29. The van der Waals surface area contributed by atoms with Crippen LogP contribution in [0.4, 0.5) is 11.4 Å². The van der Waals surface area contributed by atoms with E-state index in [1.807, 2.05) is 48.5 Å². The number of hydrogen-bond acceptors (Lipinski definition) is 4. The number of allylic oxidation sites excluding steroid dienone is 1. The summed E-state index contributed by atoms with van der Waals surface area (Å²) >= 11 is 0. The van der Waals surface area contributed by atoms with Crippen molar-refractivity contribution in [1.29, 1.82) is 0 Å². The lowest BCUT2D eigenvalue weighted by atomic mass is 9.88. The number of benzene rings is 3. The monoisotopic (exact) mass is 493 g/mol. The summed E-state index contributed by atoms with van der Waals surface area (Å²) in [7, 11) is 0. The Labute approximate surface area is 219 Å². The van der Waals surface area contributed by atoms with Crippen molar-refractivity contribution >= 4 is 34.0 Å². The van der Waals surface area contributed by atoms with Gasteiger partial charge in [-0.15, -0.1) is 0 Å². The van der Waals surface area contributed by atoms with Crippen molar-refractivity contribution in [2.24, 2.45) is 0 Å². The molecule has 5 heteroatoms. The minimum absolute atomic E-state index is 0.171. The number of imide groups is 1. The van der Waals surface area contributed by atoms with E-state index < -0.39 is 0 Å². The third-order valence-electron chi connectivity index (χ3n) is 7.29. The summed E-state index contributed by atoms with van der Waals surface area (Å²) < 4.78 is 0. The Kier molecular flexibility index (Phi) is 6.40. The van der Waals surface area contributed by atoms with Crippen LogP contribution in [0.5, 0.6) is 0 Å². The van der Waals surface area contributed by atoms with Crippen LogP contribution in [0.1, 0.15) is 85.2 Å². The summed E-state index contributed by atoms with van der Waals surface area (Å²) in [5.74, 6) is -0.162. The van der Waals surface area contributed by atoms with Gasteiger partial charge in [0.1, 0.15) is 0 Å². The predicted octanol–water partition coefficient (Wildman–Crippen LogP) is 7.40. The predicted molar refractivity (Wildman–Crippen MR) is 152 cm³/mol. The first-order chi connectivity index (χ1) is 17.7. The van der Waals surface area contributed by atoms with Crippen molar-refractivity contribution in [3.63, 3.8) is 0 Å². The fourth-order valence-electron chi connectivity index (χ4n) is 5.34. The number of carbonyl (C=O) groups is 2. The minimum atomic E-state index is -0.252. The molecule has 5 rings (SSSR count). The second-order valence-electron chi connectivity index (χ2n) is 10.9. The molecule has 0 atom stereocenters. The van der Waals surface area contributed by atoms with Crippen LogP contribution < -0.4 is 9.80 Å². The lowest BCUT2D eigenvalue weighted by Gasteiger charge is -2.33. The molecule has 190 valence electrons. The number of amides is 2. The zero-order valence-electron chi connectivity index (χ0n) is 22.6. The zero-order chi connectivity index (χ0) is 26.4. The zero-order valence-corrected chi connectivity index (χ0v) is 22.6. The number of anilines is 2. The Bertz CT molecular complexity index is 1410. The molecule has 0 aliphatic carbocycles. The van der Waals surface area contributed by atoms with Gasteiger partial charge in [0.15, 0.2) is 0 Å². The van der Waals surface area contributed by atoms with Gasteiger partial charge in [-0.3, -0.25) is 9.59 Å². The van der Waals surface area contributed by atoms with E-state index >= 15 is 0 Å². The molecule has 0 unspecified atom stereocenters. The number of rotatable bonds is 6. The van der Waals surface area contributed by atoms with E-state index in [4.69, 9.17) is 0 Å². The lowest BCUT2D eigenvalue weighted by Crippen LogP contribution is -2.42. The summed E-state index contributed by atoms with van der Waals surface area (Å²) in [6, 6.07) is 15.8. The fraction of sp³-hybridized carbons (Fsp3) is 0.312. The Morgan fingerprint density at radius 1 is 0.838 bits per heavy atom. The second kappa shape index (κ2) is 9.55. The van der Waals surface area contributed by atoms with Crippen LogP contribution >= 0.6 is 0 Å². The Hall–Kier alpha value is -3.86. The highest BCUT2D eigenvalue weighted by Gasteiger charge is 2.37. The topological polar surface area (TPSA) is 43.9 Å². The maximum Gasteiger partial charge on any atom is 0.266 e. The maximum atomic E-state index is 14.1. The van der Waals surface area contributed by atoms with E-state index in [0.717, 1.165) is 46.5 Å². The quantitative estimate of drug-likeness (QED) is 0.265. The van der Waals surface area contributed by atoms with Gasteiger partial charge < -0.3 is 9.80 Å². The van der Waals surface area contributed by atoms with Crippen molar-refractivity contribution < 1.29 is 9.59 Å². The summed E-state index contributed by atoms with van der Waals surface area (Å²) in [5.41, 5.74) is 6.20. The largest absolute Gasteiger partial charge is 0.355 e. The van der Waals surface area contributed by atoms with Gasteiger partial charge in [0, 0.05) is 40.8 Å². The Morgan fingerprint density at radius 3 is 2.08 bits per heavy atom. The van der Waals surface area contributed by atoms with Crippen LogP contribution in [0.25, 0.3) is 10.8 Å². The van der Waals surface area contributed by atoms with Crippen molar-refractivity contribution in [3.05, 3.63) is 94.8 Å². The first kappa shape index (κ1) is 24.8. The van der Waals surface area contributed by atoms with Gasteiger partial charge in [0.05, 0.1) is 18.0 Å². The van der Waals surface area contributed by atoms with Crippen molar-refractivity contribution in [2.75, 3.05) is 23.0 Å². The van der Waals surface area contributed by atoms with Gasteiger partial charge in [-0.25, -0.2) is 4.90 Å². The van der Waals surface area contributed by atoms with Crippen molar-refractivity contribution in [1.82, 2.24) is 4.90 Å². The number of carbonyl (C=O) groups excluding carboxylic acids is 2. The van der Waals surface area contributed by atoms with Gasteiger partial charge in [0.25, 0.3) is 11.8 Å². The summed E-state index contributed by atoms with van der Waals surface area (Å²) in [6.07, 6.45) is 6.36. The first-order valence-electron chi connectivity index (χ1n) is 13.1. The van der Waals surface area contributed by atoms with Crippen molar-refractivity contribution in [3.8, 4) is 0 Å². The average molecular weight is 494 g/mol. The molecule has 0 aromatic heterocycles. The molecule has 3 aromatic rings. The molecule has 2 aliphatic heterocycles. The molecule has 2 heterocycles. The molecule has 0 spiro atoms. The number of para-hydroxylation sites is 1. The van der Waals surface area contributed by atoms with Crippen LogP contribution in [0.3, 0.4) is 0 Å². The van der Waals surface area contributed by atoms with Crippen LogP contribution in [0, 0.1) is 0 Å². The molecule has 2 aliphatic rings. The molecule has 0 N–H and O–H groups in total.